The number of hydrogen-bond donors (Lipinski definition) is 1. The normalized spacial score (nSPS) is 24.0. The summed E-state index contributed by atoms with van der Waals surface area (Å²) in [4.78, 5) is 19.4. The summed E-state index contributed by atoms with van der Waals surface area (Å²) in [5.74, 6) is 0.905. The highest BCUT2D eigenvalue weighted by atomic mass is 16.5. The Labute approximate surface area is 182 Å². The Hall–Kier alpha value is -1.63. The minimum atomic E-state index is 0.159. The van der Waals surface area contributed by atoms with Crippen molar-refractivity contribution in [3.05, 3.63) is 30.3 Å². The molecule has 1 N–H and O–H groups in total. The summed E-state index contributed by atoms with van der Waals surface area (Å²) in [6.07, 6.45) is 4.01. The van der Waals surface area contributed by atoms with E-state index in [1.807, 2.05) is 6.07 Å². The van der Waals surface area contributed by atoms with E-state index < -0.39 is 0 Å². The van der Waals surface area contributed by atoms with Gasteiger partial charge in [0.2, 0.25) is 5.91 Å². The molecule has 2 atom stereocenters. The number of amides is 1. The molecule has 0 aliphatic carbocycles. The van der Waals surface area contributed by atoms with Crippen LogP contribution in [-0.2, 0) is 9.53 Å². The monoisotopic (exact) mass is 416 g/mol. The molecule has 1 amide bonds. The predicted octanol–water partition coefficient (Wildman–Crippen LogP) is 2.45. The number of benzene rings is 1. The summed E-state index contributed by atoms with van der Waals surface area (Å²) in [6, 6.07) is 10.4. The van der Waals surface area contributed by atoms with Gasteiger partial charge in [-0.3, -0.25) is 14.6 Å². The summed E-state index contributed by atoms with van der Waals surface area (Å²) < 4.78 is 5.85. The van der Waals surface area contributed by atoms with Gasteiger partial charge in [0.15, 0.2) is 0 Å². The van der Waals surface area contributed by atoms with Crippen molar-refractivity contribution < 1.29 is 9.53 Å². The van der Waals surface area contributed by atoms with Gasteiger partial charge in [-0.05, 0) is 64.3 Å². The number of anilines is 1. The molecule has 6 nitrogen and oxygen atoms in total. The molecule has 0 radical (unpaired) electrons. The second-order valence-corrected chi connectivity index (χ2v) is 9.16. The second-order valence-electron chi connectivity index (χ2n) is 9.16. The molecule has 6 heteroatoms. The fourth-order valence-corrected chi connectivity index (χ4v) is 4.74. The lowest BCUT2D eigenvalue weighted by Gasteiger charge is -2.39. The Morgan fingerprint density at radius 2 is 1.77 bits per heavy atom. The molecule has 168 valence electrons. The van der Waals surface area contributed by atoms with Gasteiger partial charge in [-0.15, -0.1) is 0 Å². The molecule has 2 aliphatic heterocycles. The van der Waals surface area contributed by atoms with Crippen molar-refractivity contribution in [3.63, 3.8) is 0 Å². The molecule has 0 spiro atoms. The number of nitrogens with zero attached hydrogens (tertiary/aromatic N) is 3. The Kier molecular flexibility index (Phi) is 8.97. The lowest BCUT2D eigenvalue weighted by atomic mass is 9.95. The molecule has 2 heterocycles. The maximum absolute atomic E-state index is 12.3. The number of nitrogens with one attached hydrogen (secondary N) is 1. The molecule has 0 bridgehead atoms. The first-order chi connectivity index (χ1) is 14.5. The number of ether oxygens (including phenoxy) is 1. The van der Waals surface area contributed by atoms with Crippen molar-refractivity contribution in [2.45, 2.75) is 45.3 Å². The zero-order chi connectivity index (χ0) is 21.3. The lowest BCUT2D eigenvalue weighted by molar-refractivity contribution is -0.122. The Morgan fingerprint density at radius 3 is 2.43 bits per heavy atom. The molecular formula is C24H40N4O2. The number of para-hydroxylation sites is 1. The summed E-state index contributed by atoms with van der Waals surface area (Å²) in [5.41, 5.74) is 1.22. The maximum atomic E-state index is 12.3. The van der Waals surface area contributed by atoms with Crippen LogP contribution in [-0.4, -0.2) is 87.3 Å². The van der Waals surface area contributed by atoms with Crippen molar-refractivity contribution in [1.29, 1.82) is 0 Å². The molecular weight excluding hydrogens is 376 g/mol. The van der Waals surface area contributed by atoms with Crippen LogP contribution in [0.3, 0.4) is 0 Å². The van der Waals surface area contributed by atoms with Crippen LogP contribution < -0.4 is 10.2 Å². The molecule has 1 aromatic carbocycles. The van der Waals surface area contributed by atoms with Crippen LogP contribution in [0.15, 0.2) is 30.3 Å². The molecule has 2 fully saturated rings. The summed E-state index contributed by atoms with van der Waals surface area (Å²) in [6.45, 7) is 11.9. The van der Waals surface area contributed by atoms with Gasteiger partial charge >= 0.3 is 0 Å². The number of morpholine rings is 1. The van der Waals surface area contributed by atoms with Gasteiger partial charge in [-0.1, -0.05) is 18.2 Å². The molecule has 3 rings (SSSR count). The Balaban J connectivity index is 1.26. The number of likely N-dealkylation sites (tertiary alicyclic amines) is 1. The minimum Gasteiger partial charge on any atom is -0.375 e. The molecule has 30 heavy (non-hydrogen) atoms. The van der Waals surface area contributed by atoms with E-state index in [1.54, 1.807) is 0 Å². The van der Waals surface area contributed by atoms with E-state index in [9.17, 15) is 4.79 Å². The fraction of sp³-hybridized carbons (Fsp3) is 0.708. The molecule has 0 aromatic heterocycles. The third-order valence-electron chi connectivity index (χ3n) is 6.28. The van der Waals surface area contributed by atoms with E-state index in [2.05, 4.69) is 65.2 Å². The van der Waals surface area contributed by atoms with Crippen molar-refractivity contribution in [2.75, 3.05) is 64.3 Å². The van der Waals surface area contributed by atoms with E-state index in [4.69, 9.17) is 4.74 Å². The van der Waals surface area contributed by atoms with Gasteiger partial charge in [0.1, 0.15) is 0 Å². The van der Waals surface area contributed by atoms with Crippen LogP contribution in [0.4, 0.5) is 5.69 Å². The second kappa shape index (κ2) is 11.7. The Bertz CT molecular complexity index is 623. The largest absolute Gasteiger partial charge is 0.375 e. The third-order valence-corrected chi connectivity index (χ3v) is 6.28. The number of carbonyl (C=O) groups is 1. The van der Waals surface area contributed by atoms with Crippen LogP contribution in [0.5, 0.6) is 0 Å². The third kappa shape index (κ3) is 7.56. The molecule has 0 saturated carbocycles. The molecule has 2 saturated heterocycles. The van der Waals surface area contributed by atoms with Gasteiger partial charge in [0.05, 0.1) is 18.8 Å². The highest BCUT2D eigenvalue weighted by molar-refractivity contribution is 5.78. The van der Waals surface area contributed by atoms with Crippen molar-refractivity contribution in [2.24, 2.45) is 5.92 Å². The molecule has 1 aromatic rings. The smallest absolute Gasteiger partial charge is 0.234 e. The predicted molar refractivity (Wildman–Crippen MR) is 123 cm³/mol. The van der Waals surface area contributed by atoms with E-state index in [1.165, 1.54) is 25.1 Å². The van der Waals surface area contributed by atoms with Gasteiger partial charge in [0, 0.05) is 45.5 Å². The first kappa shape index (κ1) is 23.0. The average molecular weight is 417 g/mol. The Morgan fingerprint density at radius 1 is 1.10 bits per heavy atom. The average Bonchev–Trinajstić information content (AvgIpc) is 2.72. The zero-order valence-electron chi connectivity index (χ0n) is 19.1. The number of rotatable bonds is 9. The summed E-state index contributed by atoms with van der Waals surface area (Å²) in [7, 11) is 2.10. The number of piperidine rings is 1. The fourth-order valence-electron chi connectivity index (χ4n) is 4.74. The van der Waals surface area contributed by atoms with Crippen molar-refractivity contribution >= 4 is 11.6 Å². The van der Waals surface area contributed by atoms with Gasteiger partial charge in [-0.2, -0.15) is 0 Å². The quantitative estimate of drug-likeness (QED) is 0.627. The summed E-state index contributed by atoms with van der Waals surface area (Å²) >= 11 is 0. The minimum absolute atomic E-state index is 0.159. The van der Waals surface area contributed by atoms with Crippen molar-refractivity contribution in [3.8, 4) is 0 Å². The lowest BCUT2D eigenvalue weighted by Crippen LogP contribution is -2.49. The van der Waals surface area contributed by atoms with Crippen LogP contribution in [0.1, 0.15) is 33.1 Å². The SMILES string of the molecule is CC1CN(CC2CCN(CC(=O)NCCCN(C)c3ccccc3)CC2)CC(C)O1. The molecule has 2 aliphatic rings. The highest BCUT2D eigenvalue weighted by Gasteiger charge is 2.27. The van der Waals surface area contributed by atoms with E-state index in [0.717, 1.165) is 51.6 Å². The van der Waals surface area contributed by atoms with Crippen LogP contribution in [0, 0.1) is 5.92 Å². The topological polar surface area (TPSA) is 48.0 Å². The van der Waals surface area contributed by atoms with E-state index in [-0.39, 0.29) is 5.91 Å². The van der Waals surface area contributed by atoms with Crippen LogP contribution in [0.25, 0.3) is 0 Å². The zero-order valence-corrected chi connectivity index (χ0v) is 19.1. The maximum Gasteiger partial charge on any atom is 0.234 e. The van der Waals surface area contributed by atoms with Gasteiger partial charge in [0.25, 0.3) is 0 Å². The molecule has 2 unspecified atom stereocenters. The van der Waals surface area contributed by atoms with Gasteiger partial charge < -0.3 is 15.0 Å². The van der Waals surface area contributed by atoms with E-state index in [0.29, 0.717) is 18.8 Å². The summed E-state index contributed by atoms with van der Waals surface area (Å²) in [5, 5.41) is 3.09. The van der Waals surface area contributed by atoms with E-state index >= 15 is 0 Å². The first-order valence-electron chi connectivity index (χ1n) is 11.6. The first-order valence-corrected chi connectivity index (χ1v) is 11.6. The highest BCUT2D eigenvalue weighted by Crippen LogP contribution is 2.20. The number of carbonyl (C=O) groups excluding carboxylic acids is 1. The standard InChI is InChI=1S/C24H40N4O2/c1-20-16-28(17-21(2)30-20)18-22-10-14-27(15-11-22)19-24(29)25-12-7-13-26(3)23-8-5-4-6-9-23/h4-6,8-9,20-22H,7,10-19H2,1-3H3,(H,25,29). The van der Waals surface area contributed by atoms with Crippen LogP contribution >= 0.6 is 0 Å². The van der Waals surface area contributed by atoms with Gasteiger partial charge in [-0.25, -0.2) is 0 Å². The van der Waals surface area contributed by atoms with Crippen LogP contribution in [0.2, 0.25) is 0 Å². The van der Waals surface area contributed by atoms with Crippen molar-refractivity contribution in [1.82, 2.24) is 15.1 Å². The number of hydrogen-bond acceptors (Lipinski definition) is 5.